The van der Waals surface area contributed by atoms with Crippen molar-refractivity contribution in [3.63, 3.8) is 0 Å². The number of nitrogens with zero attached hydrogens (tertiary/aromatic N) is 1. The van der Waals surface area contributed by atoms with Crippen LogP contribution in [0.5, 0.6) is 0 Å². The van der Waals surface area contributed by atoms with Gasteiger partial charge < -0.3 is 4.74 Å². The van der Waals surface area contributed by atoms with Crippen molar-refractivity contribution in [1.29, 1.82) is 0 Å². The average Bonchev–Trinajstić information content (AvgIpc) is 2.91. The first-order chi connectivity index (χ1) is 8.22. The van der Waals surface area contributed by atoms with Crippen molar-refractivity contribution in [2.45, 2.75) is 39.0 Å². The third kappa shape index (κ3) is 3.21. The predicted molar refractivity (Wildman–Crippen MR) is 67.7 cm³/mol. The highest BCUT2D eigenvalue weighted by Gasteiger charge is 2.39. The Hall–Kier alpha value is -0.570. The van der Waals surface area contributed by atoms with E-state index in [0.717, 1.165) is 37.3 Å². The van der Waals surface area contributed by atoms with Gasteiger partial charge in [0.2, 0.25) is 0 Å². The third-order valence-electron chi connectivity index (χ3n) is 4.50. The molecule has 0 saturated heterocycles. The summed E-state index contributed by atoms with van der Waals surface area (Å²) in [6.07, 6.45) is 6.83. The second-order valence-corrected chi connectivity index (χ2v) is 5.75. The second kappa shape index (κ2) is 5.85. The van der Waals surface area contributed by atoms with Crippen LogP contribution in [0.4, 0.5) is 0 Å². The molecule has 2 fully saturated rings. The number of hydrogen-bond donors (Lipinski definition) is 0. The maximum Gasteiger partial charge on any atom is 0.319 e. The highest BCUT2D eigenvalue weighted by atomic mass is 16.5. The van der Waals surface area contributed by atoms with Crippen molar-refractivity contribution in [2.75, 3.05) is 26.7 Å². The number of carbonyl (C=O) groups excluding carboxylic acids is 1. The van der Waals surface area contributed by atoms with Crippen LogP contribution in [0.15, 0.2) is 0 Å². The Balaban J connectivity index is 1.82. The SMILES string of the molecule is CCCN(CC(=O)OC)CC1CC2CCC1C2. The van der Waals surface area contributed by atoms with Crippen LogP contribution < -0.4 is 0 Å². The molecule has 17 heavy (non-hydrogen) atoms. The van der Waals surface area contributed by atoms with E-state index in [4.69, 9.17) is 4.74 Å². The summed E-state index contributed by atoms with van der Waals surface area (Å²) in [5, 5.41) is 0. The van der Waals surface area contributed by atoms with Gasteiger partial charge >= 0.3 is 5.97 Å². The average molecular weight is 239 g/mol. The monoisotopic (exact) mass is 239 g/mol. The number of methoxy groups -OCH3 is 1. The Morgan fingerprint density at radius 3 is 2.71 bits per heavy atom. The summed E-state index contributed by atoms with van der Waals surface area (Å²) in [5.41, 5.74) is 0. The van der Waals surface area contributed by atoms with Gasteiger partial charge in [-0.3, -0.25) is 9.69 Å². The third-order valence-corrected chi connectivity index (χ3v) is 4.50. The largest absolute Gasteiger partial charge is 0.468 e. The molecule has 0 N–H and O–H groups in total. The molecule has 3 unspecified atom stereocenters. The summed E-state index contributed by atoms with van der Waals surface area (Å²) in [7, 11) is 1.48. The van der Waals surface area contributed by atoms with Gasteiger partial charge in [-0.2, -0.15) is 0 Å². The quantitative estimate of drug-likeness (QED) is 0.666. The molecule has 3 atom stereocenters. The lowest BCUT2D eigenvalue weighted by Gasteiger charge is -2.28. The summed E-state index contributed by atoms with van der Waals surface area (Å²) in [5.74, 6) is 2.68. The summed E-state index contributed by atoms with van der Waals surface area (Å²) < 4.78 is 4.77. The second-order valence-electron chi connectivity index (χ2n) is 5.75. The van der Waals surface area contributed by atoms with E-state index >= 15 is 0 Å². The van der Waals surface area contributed by atoms with Crippen LogP contribution in [0, 0.1) is 17.8 Å². The molecule has 0 aromatic carbocycles. The molecule has 98 valence electrons. The summed E-state index contributed by atoms with van der Waals surface area (Å²) in [6.45, 7) is 4.76. The first kappa shape index (κ1) is 12.9. The molecule has 0 amide bonds. The highest BCUT2D eigenvalue weighted by Crippen LogP contribution is 2.48. The molecule has 0 heterocycles. The number of rotatable bonds is 6. The van der Waals surface area contributed by atoms with Crippen molar-refractivity contribution in [3.8, 4) is 0 Å². The summed E-state index contributed by atoms with van der Waals surface area (Å²) in [6, 6.07) is 0. The predicted octanol–water partition coefficient (Wildman–Crippen LogP) is 2.31. The van der Waals surface area contributed by atoms with E-state index in [2.05, 4.69) is 11.8 Å². The Morgan fingerprint density at radius 1 is 1.35 bits per heavy atom. The topological polar surface area (TPSA) is 29.5 Å². The smallest absolute Gasteiger partial charge is 0.319 e. The Labute approximate surface area is 105 Å². The molecule has 2 rings (SSSR count). The van der Waals surface area contributed by atoms with E-state index in [0.29, 0.717) is 6.54 Å². The van der Waals surface area contributed by atoms with Crippen LogP contribution in [-0.2, 0) is 9.53 Å². The standard InChI is InChI=1S/C14H25NO2/c1-3-6-15(10-14(16)17-2)9-13-8-11-4-5-12(13)7-11/h11-13H,3-10H2,1-2H3. The van der Waals surface area contributed by atoms with E-state index in [1.54, 1.807) is 0 Å². The molecule has 2 saturated carbocycles. The molecule has 0 aromatic rings. The molecule has 0 spiro atoms. The van der Waals surface area contributed by atoms with Crippen LogP contribution in [0.1, 0.15) is 39.0 Å². The zero-order valence-electron chi connectivity index (χ0n) is 11.2. The normalized spacial score (nSPS) is 31.1. The van der Waals surface area contributed by atoms with Crippen LogP contribution in [0.25, 0.3) is 0 Å². The highest BCUT2D eigenvalue weighted by molar-refractivity contribution is 5.71. The van der Waals surface area contributed by atoms with Gasteiger partial charge in [0, 0.05) is 6.54 Å². The minimum absolute atomic E-state index is 0.0957. The van der Waals surface area contributed by atoms with Crippen molar-refractivity contribution < 1.29 is 9.53 Å². The van der Waals surface area contributed by atoms with Gasteiger partial charge in [-0.05, 0) is 50.0 Å². The number of ether oxygens (including phenoxy) is 1. The molecule has 0 radical (unpaired) electrons. The maximum atomic E-state index is 11.4. The van der Waals surface area contributed by atoms with Crippen molar-refractivity contribution in [1.82, 2.24) is 4.90 Å². The Morgan fingerprint density at radius 2 is 2.18 bits per heavy atom. The lowest BCUT2D eigenvalue weighted by atomic mass is 9.88. The molecule has 2 aliphatic carbocycles. The fourth-order valence-corrected chi connectivity index (χ4v) is 3.73. The first-order valence-corrected chi connectivity index (χ1v) is 7.02. The zero-order valence-corrected chi connectivity index (χ0v) is 11.2. The Kier molecular flexibility index (Phi) is 4.43. The van der Waals surface area contributed by atoms with E-state index < -0.39 is 0 Å². The van der Waals surface area contributed by atoms with E-state index in [1.165, 1.54) is 32.8 Å². The van der Waals surface area contributed by atoms with Crippen molar-refractivity contribution >= 4 is 5.97 Å². The van der Waals surface area contributed by atoms with E-state index in [9.17, 15) is 4.79 Å². The van der Waals surface area contributed by atoms with Crippen LogP contribution >= 0.6 is 0 Å². The number of esters is 1. The summed E-state index contributed by atoms with van der Waals surface area (Å²) >= 11 is 0. The molecule has 3 nitrogen and oxygen atoms in total. The Bertz CT molecular complexity index is 267. The van der Waals surface area contributed by atoms with Crippen LogP contribution in [0.2, 0.25) is 0 Å². The van der Waals surface area contributed by atoms with Gasteiger partial charge in [-0.15, -0.1) is 0 Å². The van der Waals surface area contributed by atoms with Crippen molar-refractivity contribution in [2.24, 2.45) is 17.8 Å². The number of hydrogen-bond acceptors (Lipinski definition) is 3. The van der Waals surface area contributed by atoms with Crippen LogP contribution in [0.3, 0.4) is 0 Å². The lowest BCUT2D eigenvalue weighted by molar-refractivity contribution is -0.142. The van der Waals surface area contributed by atoms with Gasteiger partial charge in [-0.25, -0.2) is 0 Å². The van der Waals surface area contributed by atoms with Gasteiger partial charge in [0.1, 0.15) is 0 Å². The molecule has 2 bridgehead atoms. The van der Waals surface area contributed by atoms with Gasteiger partial charge in [0.25, 0.3) is 0 Å². The van der Waals surface area contributed by atoms with Crippen LogP contribution in [-0.4, -0.2) is 37.6 Å². The van der Waals surface area contributed by atoms with Gasteiger partial charge in [-0.1, -0.05) is 13.3 Å². The van der Waals surface area contributed by atoms with Crippen molar-refractivity contribution in [3.05, 3.63) is 0 Å². The molecule has 3 heteroatoms. The summed E-state index contributed by atoms with van der Waals surface area (Å²) in [4.78, 5) is 13.7. The minimum Gasteiger partial charge on any atom is -0.468 e. The minimum atomic E-state index is -0.0957. The molecule has 2 aliphatic rings. The van der Waals surface area contributed by atoms with Gasteiger partial charge in [0.05, 0.1) is 13.7 Å². The fraction of sp³-hybridized carbons (Fsp3) is 0.929. The zero-order chi connectivity index (χ0) is 12.3. The first-order valence-electron chi connectivity index (χ1n) is 7.02. The fourth-order valence-electron chi connectivity index (χ4n) is 3.73. The van der Waals surface area contributed by atoms with E-state index in [-0.39, 0.29) is 5.97 Å². The molecule has 0 aromatic heterocycles. The molecule has 0 aliphatic heterocycles. The van der Waals surface area contributed by atoms with Gasteiger partial charge in [0.15, 0.2) is 0 Å². The van der Waals surface area contributed by atoms with E-state index in [1.807, 2.05) is 0 Å². The number of carbonyl (C=O) groups is 1. The molecular weight excluding hydrogens is 214 g/mol. The molecular formula is C14H25NO2. The number of fused-ring (bicyclic) bond motifs is 2. The lowest BCUT2D eigenvalue weighted by Crippen LogP contribution is -2.36. The maximum absolute atomic E-state index is 11.4.